The van der Waals surface area contributed by atoms with Crippen LogP contribution in [0.5, 0.6) is 0 Å². The fourth-order valence-electron chi connectivity index (χ4n) is 7.87. The number of hydrogen-bond acceptors (Lipinski definition) is 7. The predicted octanol–water partition coefficient (Wildman–Crippen LogP) is 7.08. The van der Waals surface area contributed by atoms with Crippen molar-refractivity contribution in [1.29, 1.82) is 0 Å². The van der Waals surface area contributed by atoms with E-state index in [-0.39, 0.29) is 6.09 Å². The first-order valence-electron chi connectivity index (χ1n) is 15.6. The quantitative estimate of drug-likeness (QED) is 0.224. The lowest BCUT2D eigenvalue weighted by atomic mass is 9.97. The minimum atomic E-state index is -0.751. The molecule has 2 aliphatic heterocycles. The van der Waals surface area contributed by atoms with Gasteiger partial charge in [0.05, 0.1) is 11.2 Å². The molecule has 4 aliphatic rings. The van der Waals surface area contributed by atoms with Crippen LogP contribution in [-0.2, 0) is 15.9 Å². The van der Waals surface area contributed by atoms with E-state index in [0.29, 0.717) is 36.8 Å². The van der Waals surface area contributed by atoms with E-state index in [1.54, 1.807) is 22.7 Å². The smallest absolute Gasteiger partial charge is 0.410 e. The van der Waals surface area contributed by atoms with Crippen LogP contribution in [0.3, 0.4) is 0 Å². The highest BCUT2D eigenvalue weighted by Crippen LogP contribution is 2.52. The Bertz CT molecular complexity index is 1550. The van der Waals surface area contributed by atoms with Crippen molar-refractivity contribution in [3.63, 3.8) is 0 Å². The molecule has 4 aromatic rings. The van der Waals surface area contributed by atoms with Crippen LogP contribution in [0.1, 0.15) is 56.2 Å². The number of hydrogen-bond donors (Lipinski definition) is 3. The molecule has 2 aromatic heterocycles. The van der Waals surface area contributed by atoms with Gasteiger partial charge >= 0.3 is 6.09 Å². The van der Waals surface area contributed by atoms with Crippen LogP contribution in [0.4, 0.5) is 4.79 Å². The Balaban J connectivity index is 0.000000147. The number of carbonyl (C=O) groups is 1. The number of ether oxygens (including phenoxy) is 1. The summed E-state index contributed by atoms with van der Waals surface area (Å²) in [5, 5.41) is 28.1. The van der Waals surface area contributed by atoms with Gasteiger partial charge in [-0.1, -0.05) is 36.4 Å². The molecule has 8 rings (SSSR count). The number of thiophene rings is 2. The lowest BCUT2D eigenvalue weighted by molar-refractivity contribution is 0.0169. The van der Waals surface area contributed by atoms with Gasteiger partial charge in [0.15, 0.2) is 0 Å². The number of rotatable bonds is 2. The second-order valence-corrected chi connectivity index (χ2v) is 16.4. The van der Waals surface area contributed by atoms with Gasteiger partial charge < -0.3 is 25.2 Å². The standard InChI is InChI=1S/C20H25NO3S.C15H17NOS/c1-19(2,3)24-18(22)21-11-14-9-20(23,10-15(14)12-21)17-8-13-6-4-5-7-16(13)25-17;17-15(6-11-8-16-9-12(11)7-15)14-5-10-3-1-2-4-13(10)18-14/h4-8,14-15,23H,9-12H2,1-3H3;1-5,11-12,16-17H,6-9H2. The highest BCUT2D eigenvalue weighted by atomic mass is 32.1. The van der Waals surface area contributed by atoms with Crippen LogP contribution in [-0.4, -0.2) is 53.0 Å². The van der Waals surface area contributed by atoms with E-state index in [0.717, 1.165) is 48.5 Å². The van der Waals surface area contributed by atoms with Crippen LogP contribution in [0, 0.1) is 23.7 Å². The van der Waals surface area contributed by atoms with Crippen LogP contribution in [0.2, 0.25) is 0 Å². The number of nitrogens with zero attached hydrogens (tertiary/aromatic N) is 1. The van der Waals surface area contributed by atoms with E-state index in [4.69, 9.17) is 4.74 Å². The Morgan fingerprint density at radius 2 is 1.23 bits per heavy atom. The third-order valence-electron chi connectivity index (χ3n) is 9.88. The summed E-state index contributed by atoms with van der Waals surface area (Å²) in [4.78, 5) is 16.3. The van der Waals surface area contributed by atoms with E-state index >= 15 is 0 Å². The zero-order valence-corrected chi connectivity index (χ0v) is 26.8. The highest BCUT2D eigenvalue weighted by molar-refractivity contribution is 7.19. The van der Waals surface area contributed by atoms with Gasteiger partial charge in [0.25, 0.3) is 0 Å². The molecule has 43 heavy (non-hydrogen) atoms. The topological polar surface area (TPSA) is 82.0 Å². The van der Waals surface area contributed by atoms with E-state index < -0.39 is 16.8 Å². The Morgan fingerprint density at radius 1 is 0.791 bits per heavy atom. The first kappa shape index (κ1) is 29.2. The van der Waals surface area contributed by atoms with E-state index in [9.17, 15) is 15.0 Å². The lowest BCUT2D eigenvalue weighted by Gasteiger charge is -2.27. The molecule has 2 aromatic carbocycles. The average molecular weight is 619 g/mol. The molecular weight excluding hydrogens is 577 g/mol. The number of fused-ring (bicyclic) bond motifs is 4. The molecule has 8 heteroatoms. The summed E-state index contributed by atoms with van der Waals surface area (Å²) in [5.41, 5.74) is -1.78. The van der Waals surface area contributed by atoms with Crippen molar-refractivity contribution in [2.24, 2.45) is 23.7 Å². The van der Waals surface area contributed by atoms with Crippen molar-refractivity contribution >= 4 is 48.9 Å². The monoisotopic (exact) mass is 618 g/mol. The van der Waals surface area contributed by atoms with Crippen molar-refractivity contribution in [2.45, 2.75) is 63.3 Å². The number of likely N-dealkylation sites (tertiary alicyclic amines) is 1. The second kappa shape index (κ2) is 10.8. The molecule has 4 heterocycles. The zero-order valence-electron chi connectivity index (χ0n) is 25.2. The summed E-state index contributed by atoms with van der Waals surface area (Å²) in [6.45, 7) is 9.21. The van der Waals surface area contributed by atoms with E-state index in [1.165, 1.54) is 20.2 Å². The van der Waals surface area contributed by atoms with Crippen molar-refractivity contribution in [1.82, 2.24) is 10.2 Å². The SMILES string of the molecule is CC(C)(C)OC(=O)N1CC2CC(O)(c3cc4ccccc4s3)CC2C1.OC1(c2cc3ccccc3s2)CC2CNCC2C1. The van der Waals surface area contributed by atoms with Gasteiger partial charge in [-0.15, -0.1) is 22.7 Å². The molecule has 0 spiro atoms. The number of benzene rings is 2. The van der Waals surface area contributed by atoms with Gasteiger partial charge in [-0.2, -0.15) is 0 Å². The van der Waals surface area contributed by atoms with Crippen LogP contribution >= 0.6 is 22.7 Å². The molecule has 2 saturated carbocycles. The molecule has 2 aliphatic carbocycles. The summed E-state index contributed by atoms with van der Waals surface area (Å²) in [7, 11) is 0. The fraction of sp³-hybridized carbons (Fsp3) is 0.514. The highest BCUT2D eigenvalue weighted by Gasteiger charge is 2.51. The van der Waals surface area contributed by atoms with Gasteiger partial charge in [0.2, 0.25) is 0 Å². The van der Waals surface area contributed by atoms with Gasteiger partial charge in [0.1, 0.15) is 5.60 Å². The van der Waals surface area contributed by atoms with E-state index in [2.05, 4.69) is 53.8 Å². The number of carbonyl (C=O) groups excluding carboxylic acids is 1. The maximum atomic E-state index is 12.3. The minimum Gasteiger partial charge on any atom is -0.444 e. The first-order chi connectivity index (χ1) is 20.5. The predicted molar refractivity (Wildman–Crippen MR) is 175 cm³/mol. The van der Waals surface area contributed by atoms with Crippen molar-refractivity contribution in [3.05, 3.63) is 70.4 Å². The van der Waals surface area contributed by atoms with Gasteiger partial charge in [-0.3, -0.25) is 0 Å². The Labute approximate surface area is 261 Å². The minimum absolute atomic E-state index is 0.229. The molecule has 1 amide bonds. The maximum absolute atomic E-state index is 12.3. The third kappa shape index (κ3) is 5.73. The molecule has 4 atom stereocenters. The third-order valence-corrected chi connectivity index (χ3v) is 12.5. The first-order valence-corrected chi connectivity index (χ1v) is 17.2. The lowest BCUT2D eigenvalue weighted by Crippen LogP contribution is -2.37. The second-order valence-electron chi connectivity index (χ2n) is 14.3. The summed E-state index contributed by atoms with van der Waals surface area (Å²) >= 11 is 3.45. The van der Waals surface area contributed by atoms with Gasteiger partial charge in [0, 0.05) is 32.2 Å². The average Bonchev–Trinajstić information content (AvgIpc) is 3.76. The zero-order chi connectivity index (χ0) is 30.0. The van der Waals surface area contributed by atoms with Gasteiger partial charge in [-0.25, -0.2) is 4.79 Å². The molecule has 0 radical (unpaired) electrons. The Morgan fingerprint density at radius 3 is 1.67 bits per heavy atom. The van der Waals surface area contributed by atoms with Crippen molar-refractivity contribution in [2.75, 3.05) is 26.2 Å². The largest absolute Gasteiger partial charge is 0.444 e. The van der Waals surface area contributed by atoms with E-state index in [1.807, 2.05) is 37.8 Å². The molecular formula is C35H42N2O4S2. The molecule has 6 nitrogen and oxygen atoms in total. The Kier molecular flexibility index (Phi) is 7.37. The van der Waals surface area contributed by atoms with Crippen LogP contribution < -0.4 is 5.32 Å². The molecule has 0 bridgehead atoms. The number of aliphatic hydroxyl groups is 2. The summed E-state index contributed by atoms with van der Waals surface area (Å²) in [6.07, 6.45) is 3.08. The maximum Gasteiger partial charge on any atom is 0.410 e. The molecule has 3 N–H and O–H groups in total. The molecule has 4 unspecified atom stereocenters. The summed E-state index contributed by atoms with van der Waals surface area (Å²) < 4.78 is 8.00. The summed E-state index contributed by atoms with van der Waals surface area (Å²) in [6, 6.07) is 21.0. The van der Waals surface area contributed by atoms with Gasteiger partial charge in [-0.05, 0) is 118 Å². The van der Waals surface area contributed by atoms with Crippen LogP contribution in [0.15, 0.2) is 60.7 Å². The molecule has 4 fully saturated rings. The Hall–Kier alpha value is -2.49. The normalized spacial score (nSPS) is 31.7. The number of amides is 1. The van der Waals surface area contributed by atoms with Crippen LogP contribution in [0.25, 0.3) is 20.2 Å². The molecule has 228 valence electrons. The molecule has 2 saturated heterocycles. The fourth-order valence-corrected chi connectivity index (χ4v) is 10.2. The summed E-state index contributed by atoms with van der Waals surface area (Å²) in [5.74, 6) is 2.03. The van der Waals surface area contributed by atoms with Crippen molar-refractivity contribution in [3.8, 4) is 0 Å². The van der Waals surface area contributed by atoms with Crippen molar-refractivity contribution < 1.29 is 19.7 Å². The number of nitrogens with one attached hydrogen (secondary N) is 1.